The molecule has 2 rings (SSSR count). The van der Waals surface area contributed by atoms with Crippen molar-refractivity contribution in [3.63, 3.8) is 0 Å². The van der Waals surface area contributed by atoms with Crippen LogP contribution in [0.5, 0.6) is 5.75 Å². The largest absolute Gasteiger partial charge is 0.493 e. The Hall–Kier alpha value is -2.16. The van der Waals surface area contributed by atoms with Crippen LogP contribution in [0.3, 0.4) is 0 Å². The standard InChI is InChI=1S/C22H32N2O/c1-4-7-10-17-25-22-12-9-8-11-19(22)18-23-20-13-15-21(16-14-20)24(5-2)6-3/h8-9,11-16,23H,4-7,10,17-18H2,1-3H3. The summed E-state index contributed by atoms with van der Waals surface area (Å²) in [7, 11) is 0. The molecule has 0 saturated carbocycles. The van der Waals surface area contributed by atoms with E-state index in [0.717, 1.165) is 44.1 Å². The molecule has 1 N–H and O–H groups in total. The van der Waals surface area contributed by atoms with Crippen LogP contribution in [0.25, 0.3) is 0 Å². The van der Waals surface area contributed by atoms with Crippen LogP contribution in [-0.2, 0) is 6.54 Å². The average molecular weight is 341 g/mol. The second kappa shape index (κ2) is 10.7. The van der Waals surface area contributed by atoms with Crippen LogP contribution in [0.2, 0.25) is 0 Å². The summed E-state index contributed by atoms with van der Waals surface area (Å²) in [6.07, 6.45) is 3.56. The summed E-state index contributed by atoms with van der Waals surface area (Å²) in [5.74, 6) is 0.992. The lowest BCUT2D eigenvalue weighted by Crippen LogP contribution is -2.21. The molecule has 25 heavy (non-hydrogen) atoms. The molecule has 2 aromatic carbocycles. The van der Waals surface area contributed by atoms with Crippen molar-refractivity contribution in [3.8, 4) is 5.75 Å². The Morgan fingerprint density at radius 1 is 0.880 bits per heavy atom. The van der Waals surface area contributed by atoms with Gasteiger partial charge < -0.3 is 15.0 Å². The van der Waals surface area contributed by atoms with Crippen LogP contribution in [0, 0.1) is 0 Å². The van der Waals surface area contributed by atoms with Gasteiger partial charge in [-0.15, -0.1) is 0 Å². The van der Waals surface area contributed by atoms with Crippen LogP contribution < -0.4 is 15.0 Å². The smallest absolute Gasteiger partial charge is 0.124 e. The Morgan fingerprint density at radius 3 is 2.28 bits per heavy atom. The van der Waals surface area contributed by atoms with Crippen molar-refractivity contribution in [2.75, 3.05) is 29.9 Å². The van der Waals surface area contributed by atoms with E-state index in [0.29, 0.717) is 0 Å². The minimum atomic E-state index is 0.772. The number of nitrogens with one attached hydrogen (secondary N) is 1. The van der Waals surface area contributed by atoms with E-state index < -0.39 is 0 Å². The second-order valence-corrected chi connectivity index (χ2v) is 6.24. The zero-order chi connectivity index (χ0) is 17.9. The van der Waals surface area contributed by atoms with Crippen LogP contribution in [-0.4, -0.2) is 19.7 Å². The topological polar surface area (TPSA) is 24.5 Å². The highest BCUT2D eigenvalue weighted by molar-refractivity contribution is 5.55. The van der Waals surface area contributed by atoms with E-state index in [4.69, 9.17) is 4.74 Å². The van der Waals surface area contributed by atoms with E-state index in [9.17, 15) is 0 Å². The molecular weight excluding hydrogens is 308 g/mol. The molecule has 0 spiro atoms. The lowest BCUT2D eigenvalue weighted by atomic mass is 10.2. The van der Waals surface area contributed by atoms with Crippen molar-refractivity contribution in [1.29, 1.82) is 0 Å². The number of hydrogen-bond acceptors (Lipinski definition) is 3. The molecule has 0 radical (unpaired) electrons. The number of hydrogen-bond donors (Lipinski definition) is 1. The van der Waals surface area contributed by atoms with Gasteiger partial charge in [0.05, 0.1) is 6.61 Å². The molecule has 0 bridgehead atoms. The third kappa shape index (κ3) is 6.00. The van der Waals surface area contributed by atoms with Crippen molar-refractivity contribution in [2.24, 2.45) is 0 Å². The van der Waals surface area contributed by atoms with Crippen molar-refractivity contribution in [3.05, 3.63) is 54.1 Å². The van der Waals surface area contributed by atoms with Crippen molar-refractivity contribution >= 4 is 11.4 Å². The molecule has 2 aromatic rings. The number of rotatable bonds is 11. The summed E-state index contributed by atoms with van der Waals surface area (Å²) < 4.78 is 5.96. The van der Waals surface area contributed by atoms with E-state index in [2.05, 4.69) is 73.5 Å². The zero-order valence-electron chi connectivity index (χ0n) is 15.9. The molecule has 0 aliphatic heterocycles. The molecule has 0 atom stereocenters. The predicted molar refractivity (Wildman–Crippen MR) is 109 cm³/mol. The molecule has 0 aliphatic carbocycles. The fourth-order valence-electron chi connectivity index (χ4n) is 2.90. The highest BCUT2D eigenvalue weighted by atomic mass is 16.5. The molecule has 0 aromatic heterocycles. The van der Waals surface area contributed by atoms with Crippen LogP contribution in [0.1, 0.15) is 45.6 Å². The summed E-state index contributed by atoms with van der Waals surface area (Å²) in [6.45, 7) is 10.2. The maximum Gasteiger partial charge on any atom is 0.124 e. The van der Waals surface area contributed by atoms with Gasteiger partial charge in [0.2, 0.25) is 0 Å². The fourth-order valence-corrected chi connectivity index (χ4v) is 2.90. The first-order valence-electron chi connectivity index (χ1n) is 9.58. The quantitative estimate of drug-likeness (QED) is 0.530. The molecule has 3 heteroatoms. The van der Waals surface area contributed by atoms with Gasteiger partial charge in [-0.05, 0) is 50.6 Å². The van der Waals surface area contributed by atoms with Crippen molar-refractivity contribution in [1.82, 2.24) is 0 Å². The number of anilines is 2. The average Bonchev–Trinajstić information content (AvgIpc) is 2.66. The van der Waals surface area contributed by atoms with E-state index in [-0.39, 0.29) is 0 Å². The molecule has 136 valence electrons. The first kappa shape index (κ1) is 19.2. The monoisotopic (exact) mass is 340 g/mol. The number of unbranched alkanes of at least 4 members (excludes halogenated alkanes) is 2. The predicted octanol–water partition coefficient (Wildman–Crippen LogP) is 5.71. The van der Waals surface area contributed by atoms with E-state index in [1.807, 2.05) is 6.07 Å². The van der Waals surface area contributed by atoms with Crippen LogP contribution in [0.15, 0.2) is 48.5 Å². The molecule has 0 aliphatic rings. The van der Waals surface area contributed by atoms with Gasteiger partial charge in [0.15, 0.2) is 0 Å². The second-order valence-electron chi connectivity index (χ2n) is 6.24. The summed E-state index contributed by atoms with van der Waals surface area (Å²) in [5, 5.41) is 3.51. The Morgan fingerprint density at radius 2 is 1.60 bits per heavy atom. The number of nitrogens with zero attached hydrogens (tertiary/aromatic N) is 1. The molecule has 0 fully saturated rings. The fraction of sp³-hybridized carbons (Fsp3) is 0.455. The molecule has 3 nitrogen and oxygen atoms in total. The van der Waals surface area contributed by atoms with Crippen LogP contribution >= 0.6 is 0 Å². The SMILES string of the molecule is CCCCCOc1ccccc1CNc1ccc(N(CC)CC)cc1. The Labute approximate surface area is 153 Å². The van der Waals surface area contributed by atoms with Gasteiger partial charge in [-0.2, -0.15) is 0 Å². The third-order valence-corrected chi connectivity index (χ3v) is 4.46. The number of ether oxygens (including phenoxy) is 1. The third-order valence-electron chi connectivity index (χ3n) is 4.46. The maximum atomic E-state index is 5.96. The van der Waals surface area contributed by atoms with Crippen molar-refractivity contribution in [2.45, 2.75) is 46.6 Å². The van der Waals surface area contributed by atoms with Gasteiger partial charge in [-0.25, -0.2) is 0 Å². The summed E-state index contributed by atoms with van der Waals surface area (Å²) in [5.41, 5.74) is 3.61. The highest BCUT2D eigenvalue weighted by Gasteiger charge is 2.04. The van der Waals surface area contributed by atoms with E-state index in [1.54, 1.807) is 0 Å². The minimum Gasteiger partial charge on any atom is -0.493 e. The van der Waals surface area contributed by atoms with Gasteiger partial charge in [-0.1, -0.05) is 38.0 Å². The Kier molecular flexibility index (Phi) is 8.17. The first-order valence-corrected chi connectivity index (χ1v) is 9.58. The number of para-hydroxylation sites is 1. The van der Waals surface area contributed by atoms with Gasteiger partial charge in [-0.3, -0.25) is 0 Å². The Balaban J connectivity index is 1.92. The summed E-state index contributed by atoms with van der Waals surface area (Å²) in [4.78, 5) is 2.35. The molecular formula is C22H32N2O. The zero-order valence-corrected chi connectivity index (χ0v) is 15.9. The van der Waals surface area contributed by atoms with Gasteiger partial charge in [0, 0.05) is 36.6 Å². The first-order chi connectivity index (χ1) is 12.3. The summed E-state index contributed by atoms with van der Waals surface area (Å²) in [6, 6.07) is 17.0. The van der Waals surface area contributed by atoms with Gasteiger partial charge in [0.25, 0.3) is 0 Å². The van der Waals surface area contributed by atoms with Crippen LogP contribution in [0.4, 0.5) is 11.4 Å². The lowest BCUT2D eigenvalue weighted by Gasteiger charge is -2.21. The van der Waals surface area contributed by atoms with Crippen molar-refractivity contribution < 1.29 is 4.74 Å². The molecule has 0 heterocycles. The normalized spacial score (nSPS) is 10.5. The Bertz CT molecular complexity index is 606. The maximum absolute atomic E-state index is 5.96. The van der Waals surface area contributed by atoms with E-state index >= 15 is 0 Å². The van der Waals surface area contributed by atoms with Gasteiger partial charge >= 0.3 is 0 Å². The number of benzene rings is 2. The summed E-state index contributed by atoms with van der Waals surface area (Å²) >= 11 is 0. The molecule has 0 amide bonds. The highest BCUT2D eigenvalue weighted by Crippen LogP contribution is 2.22. The van der Waals surface area contributed by atoms with Gasteiger partial charge in [0.1, 0.15) is 5.75 Å². The lowest BCUT2D eigenvalue weighted by molar-refractivity contribution is 0.303. The molecule has 0 unspecified atom stereocenters. The molecule has 0 saturated heterocycles. The minimum absolute atomic E-state index is 0.772. The van der Waals surface area contributed by atoms with E-state index in [1.165, 1.54) is 24.1 Å².